The summed E-state index contributed by atoms with van der Waals surface area (Å²) >= 11 is 0. The summed E-state index contributed by atoms with van der Waals surface area (Å²) in [5.74, 6) is 2.10. The minimum absolute atomic E-state index is 0.179. The van der Waals surface area contributed by atoms with Crippen molar-refractivity contribution < 1.29 is 18.5 Å². The molecule has 3 N–H and O–H groups in total. The van der Waals surface area contributed by atoms with Gasteiger partial charge in [0.2, 0.25) is 5.95 Å². The zero-order valence-electron chi connectivity index (χ0n) is 21.5. The fourth-order valence-electron chi connectivity index (χ4n) is 4.22. The van der Waals surface area contributed by atoms with E-state index in [0.717, 1.165) is 16.9 Å². The molecule has 1 aliphatic rings. The maximum Gasteiger partial charge on any atom is 0.229 e. The average molecular weight is 544 g/mol. The summed E-state index contributed by atoms with van der Waals surface area (Å²) in [7, 11) is -1.47. The second-order valence-corrected chi connectivity index (χ2v) is 11.3. The lowest BCUT2D eigenvalue weighted by molar-refractivity contribution is 0.0921. The van der Waals surface area contributed by atoms with Gasteiger partial charge in [-0.25, -0.2) is 14.0 Å². The molecule has 4 aromatic rings. The number of fused-ring (bicyclic) bond motifs is 4. The number of ether oxygens (including phenoxy) is 2. The van der Waals surface area contributed by atoms with Crippen molar-refractivity contribution in [2.75, 3.05) is 36.6 Å². The first-order valence-electron chi connectivity index (χ1n) is 12.6. The number of benzene rings is 3. The Bertz CT molecular complexity index is 1580. The molecule has 9 nitrogen and oxygen atoms in total. The van der Waals surface area contributed by atoms with Crippen LogP contribution in [0.3, 0.4) is 0 Å². The number of carbonyl (C=O) groups is 1. The normalized spacial score (nSPS) is 16.8. The highest BCUT2D eigenvalue weighted by Gasteiger charge is 2.17. The molecule has 0 spiro atoms. The number of anilines is 3. The monoisotopic (exact) mass is 543 g/mol. The van der Waals surface area contributed by atoms with Crippen molar-refractivity contribution >= 4 is 33.0 Å². The van der Waals surface area contributed by atoms with E-state index in [4.69, 9.17) is 19.2 Å². The molecule has 0 saturated heterocycles. The van der Waals surface area contributed by atoms with Gasteiger partial charge in [0, 0.05) is 41.4 Å². The zero-order valence-corrected chi connectivity index (χ0v) is 22.3. The molecule has 0 radical (unpaired) electrons. The lowest BCUT2D eigenvalue weighted by Gasteiger charge is -2.14. The highest BCUT2D eigenvalue weighted by atomic mass is 32.2. The van der Waals surface area contributed by atoms with Gasteiger partial charge < -0.3 is 20.1 Å². The van der Waals surface area contributed by atoms with Gasteiger partial charge in [-0.2, -0.15) is 4.98 Å². The number of carbonyl (C=O) groups excluding carboxylic acids is 1. The number of aromatic nitrogens is 2. The number of ketones is 1. The van der Waals surface area contributed by atoms with E-state index in [1.807, 2.05) is 30.3 Å². The molecule has 39 heavy (non-hydrogen) atoms. The summed E-state index contributed by atoms with van der Waals surface area (Å²) < 4.78 is 33.0. The Morgan fingerprint density at radius 3 is 2.59 bits per heavy atom. The molecule has 0 amide bonds. The van der Waals surface area contributed by atoms with E-state index >= 15 is 0 Å². The summed E-state index contributed by atoms with van der Waals surface area (Å²) in [6.45, 7) is 0.413. The highest BCUT2D eigenvalue weighted by Crippen LogP contribution is 2.31. The first-order chi connectivity index (χ1) is 18.9. The van der Waals surface area contributed by atoms with Gasteiger partial charge in [0.25, 0.3) is 0 Å². The van der Waals surface area contributed by atoms with Gasteiger partial charge in [-0.15, -0.1) is 0 Å². The molecular formula is C29H29N5O4S. The lowest BCUT2D eigenvalue weighted by atomic mass is 10.1. The van der Waals surface area contributed by atoms with Crippen LogP contribution in [0.4, 0.5) is 17.5 Å². The molecule has 0 aliphatic carbocycles. The number of Topliss-reactive ketones (excluding diaryl/α,β-unsaturated/α-hetero) is 1. The third-order valence-electron chi connectivity index (χ3n) is 6.32. The van der Waals surface area contributed by atoms with Crippen molar-refractivity contribution in [1.29, 1.82) is 4.78 Å². The lowest BCUT2D eigenvalue weighted by Crippen LogP contribution is -2.12. The Labute approximate surface area is 227 Å². The van der Waals surface area contributed by atoms with E-state index in [1.54, 1.807) is 55.8 Å². The maximum atomic E-state index is 13.4. The third-order valence-corrected chi connectivity index (χ3v) is 8.18. The Kier molecular flexibility index (Phi) is 7.74. The molecule has 2 heterocycles. The molecule has 1 unspecified atom stereocenters. The van der Waals surface area contributed by atoms with Crippen LogP contribution in [-0.4, -0.2) is 46.0 Å². The molecule has 1 aromatic heterocycles. The van der Waals surface area contributed by atoms with Crippen LogP contribution in [0, 0.1) is 4.78 Å². The fourth-order valence-corrected chi connectivity index (χ4v) is 5.69. The van der Waals surface area contributed by atoms with Crippen LogP contribution in [0.1, 0.15) is 23.2 Å². The van der Waals surface area contributed by atoms with E-state index in [1.165, 1.54) is 0 Å². The van der Waals surface area contributed by atoms with E-state index in [-0.39, 0.29) is 18.1 Å². The molecule has 3 aromatic carbocycles. The number of nitrogens with one attached hydrogen (secondary N) is 3. The molecule has 1 atom stereocenters. The molecule has 0 saturated carbocycles. The van der Waals surface area contributed by atoms with Crippen LogP contribution in [0.25, 0.3) is 11.1 Å². The Morgan fingerprint density at radius 1 is 1.03 bits per heavy atom. The Morgan fingerprint density at radius 2 is 1.82 bits per heavy atom. The van der Waals surface area contributed by atoms with E-state index < -0.39 is 9.73 Å². The third kappa shape index (κ3) is 6.35. The van der Waals surface area contributed by atoms with Crippen molar-refractivity contribution in [2.24, 2.45) is 0 Å². The fraction of sp³-hybridized carbons (Fsp3) is 0.207. The van der Waals surface area contributed by atoms with Crippen LogP contribution < -0.4 is 20.1 Å². The van der Waals surface area contributed by atoms with Gasteiger partial charge >= 0.3 is 0 Å². The standard InChI is InChI=1S/C29H29N5O4S/c1-37-23-11-9-20(10-12-23)26-18-32-29-33-22-15-24(38-19-27(35)21-7-3-2-4-8-21)17-25(16-22)39(30,36)14-6-5-13-31-28(26)34-29/h2-4,7-12,15-18,30H,5-6,13-14,19H2,1H3,(H2,31,32,33,34). The predicted molar refractivity (Wildman–Crippen MR) is 152 cm³/mol. The number of hydrogen-bond acceptors (Lipinski definition) is 9. The number of methoxy groups -OCH3 is 1. The van der Waals surface area contributed by atoms with Crippen LogP contribution in [-0.2, 0) is 9.73 Å². The van der Waals surface area contributed by atoms with Crippen molar-refractivity contribution in [2.45, 2.75) is 17.7 Å². The van der Waals surface area contributed by atoms with E-state index in [0.29, 0.717) is 53.0 Å². The van der Waals surface area contributed by atoms with Crippen LogP contribution in [0.5, 0.6) is 11.5 Å². The largest absolute Gasteiger partial charge is 0.497 e. The van der Waals surface area contributed by atoms with Crippen molar-refractivity contribution in [3.05, 3.63) is 84.6 Å². The SMILES string of the molecule is COc1ccc(-c2cnc3nc2NCCCCS(=N)(=O)c2cc(cc(OCC(=O)c4ccccc4)c2)N3)cc1. The minimum Gasteiger partial charge on any atom is -0.497 e. The summed E-state index contributed by atoms with van der Waals surface area (Å²) in [6, 6.07) is 21.5. The molecular weight excluding hydrogens is 514 g/mol. The van der Waals surface area contributed by atoms with Crippen molar-refractivity contribution in [3.63, 3.8) is 0 Å². The van der Waals surface area contributed by atoms with Crippen LogP contribution in [0.15, 0.2) is 83.9 Å². The molecule has 0 fully saturated rings. The second kappa shape index (κ2) is 11.5. The van der Waals surface area contributed by atoms with E-state index in [2.05, 4.69) is 15.6 Å². The van der Waals surface area contributed by atoms with E-state index in [9.17, 15) is 9.00 Å². The molecule has 4 bridgehead atoms. The molecule has 10 heteroatoms. The van der Waals surface area contributed by atoms with Gasteiger partial charge in [0.1, 0.15) is 17.3 Å². The summed E-state index contributed by atoms with van der Waals surface area (Å²) in [5.41, 5.74) is 2.82. The number of nitrogens with zero attached hydrogens (tertiary/aromatic N) is 2. The Balaban J connectivity index is 1.46. The number of rotatable bonds is 6. The van der Waals surface area contributed by atoms with Crippen molar-refractivity contribution in [1.82, 2.24) is 9.97 Å². The highest BCUT2D eigenvalue weighted by molar-refractivity contribution is 7.92. The van der Waals surface area contributed by atoms with Crippen LogP contribution in [0.2, 0.25) is 0 Å². The molecule has 5 rings (SSSR count). The summed E-state index contributed by atoms with van der Waals surface area (Å²) in [5, 5.41) is 6.53. The van der Waals surface area contributed by atoms with Crippen molar-refractivity contribution in [3.8, 4) is 22.6 Å². The number of hydrogen-bond donors (Lipinski definition) is 3. The van der Waals surface area contributed by atoms with Gasteiger partial charge in [-0.1, -0.05) is 42.5 Å². The first-order valence-corrected chi connectivity index (χ1v) is 14.3. The average Bonchev–Trinajstić information content (AvgIpc) is 2.96. The van der Waals surface area contributed by atoms with Gasteiger partial charge in [-0.05, 0) is 42.7 Å². The smallest absolute Gasteiger partial charge is 0.229 e. The molecule has 1 aliphatic heterocycles. The van der Waals surface area contributed by atoms with Crippen LogP contribution >= 0.6 is 0 Å². The second-order valence-electron chi connectivity index (χ2n) is 9.09. The van der Waals surface area contributed by atoms with Gasteiger partial charge in [-0.3, -0.25) is 4.79 Å². The first kappa shape index (κ1) is 26.2. The molecule has 200 valence electrons. The quantitative estimate of drug-likeness (QED) is 0.262. The minimum atomic E-state index is -3.09. The predicted octanol–water partition coefficient (Wildman–Crippen LogP) is 5.77. The van der Waals surface area contributed by atoms with Gasteiger partial charge in [0.15, 0.2) is 12.4 Å². The zero-order chi connectivity index (χ0) is 27.2. The Hall–Kier alpha value is -4.44. The topological polar surface area (TPSA) is 126 Å². The maximum absolute atomic E-state index is 13.4. The summed E-state index contributed by atoms with van der Waals surface area (Å²) in [4.78, 5) is 22.1. The van der Waals surface area contributed by atoms with Gasteiger partial charge in [0.05, 0.1) is 21.7 Å². The summed E-state index contributed by atoms with van der Waals surface area (Å²) in [6.07, 6.45) is 3.04.